The first-order valence-corrected chi connectivity index (χ1v) is 7.41. The average Bonchev–Trinajstić information content (AvgIpc) is 2.89. The highest BCUT2D eigenvalue weighted by Crippen LogP contribution is 2.25. The third-order valence-electron chi connectivity index (χ3n) is 3.69. The molecular weight excluding hydrogens is 262 g/mol. The molecule has 1 aromatic heterocycles. The summed E-state index contributed by atoms with van der Waals surface area (Å²) in [4.78, 5) is 30.6. The Balaban J connectivity index is 2.29. The summed E-state index contributed by atoms with van der Waals surface area (Å²) in [5.74, 6) is -0.0837. The number of amides is 2. The highest BCUT2D eigenvalue weighted by Gasteiger charge is 2.46. The molecule has 2 atom stereocenters. The summed E-state index contributed by atoms with van der Waals surface area (Å²) in [5.41, 5.74) is -0.792. The number of piperazine rings is 1. The zero-order valence-electron chi connectivity index (χ0n) is 11.5. The second-order valence-electron chi connectivity index (χ2n) is 4.96. The lowest BCUT2D eigenvalue weighted by molar-refractivity contribution is -0.155. The second-order valence-corrected chi connectivity index (χ2v) is 5.94. The molecule has 2 rings (SSSR count). The van der Waals surface area contributed by atoms with E-state index in [4.69, 9.17) is 0 Å². The van der Waals surface area contributed by atoms with Gasteiger partial charge < -0.3 is 10.2 Å². The minimum Gasteiger partial charge on any atom is -0.340 e. The van der Waals surface area contributed by atoms with Crippen molar-refractivity contribution in [1.82, 2.24) is 15.2 Å². The van der Waals surface area contributed by atoms with Crippen molar-refractivity contribution >= 4 is 23.2 Å². The van der Waals surface area contributed by atoms with E-state index in [0.717, 1.165) is 5.01 Å². The maximum absolute atomic E-state index is 12.6. The molecule has 1 aliphatic heterocycles. The zero-order chi connectivity index (χ0) is 14.0. The largest absolute Gasteiger partial charge is 0.340 e. The van der Waals surface area contributed by atoms with E-state index in [1.165, 1.54) is 11.3 Å². The molecular formula is C13H19N3O2S. The first-order valence-electron chi connectivity index (χ1n) is 6.53. The van der Waals surface area contributed by atoms with Gasteiger partial charge in [-0.15, -0.1) is 11.3 Å². The number of rotatable bonds is 4. The Hall–Kier alpha value is -1.43. The molecule has 1 saturated heterocycles. The summed E-state index contributed by atoms with van der Waals surface area (Å²) in [6, 6.07) is -0.393. The predicted molar refractivity (Wildman–Crippen MR) is 73.6 cm³/mol. The average molecular weight is 281 g/mol. The fourth-order valence-electron chi connectivity index (χ4n) is 2.31. The summed E-state index contributed by atoms with van der Waals surface area (Å²) >= 11 is 1.50. The van der Waals surface area contributed by atoms with Crippen molar-refractivity contribution in [2.24, 2.45) is 0 Å². The van der Waals surface area contributed by atoms with Gasteiger partial charge >= 0.3 is 0 Å². The van der Waals surface area contributed by atoms with Crippen LogP contribution >= 0.6 is 11.3 Å². The van der Waals surface area contributed by atoms with Crippen LogP contribution in [0.2, 0.25) is 0 Å². The van der Waals surface area contributed by atoms with E-state index >= 15 is 0 Å². The molecule has 5 nitrogen and oxygen atoms in total. The lowest BCUT2D eigenvalue weighted by Gasteiger charge is -2.43. The Morgan fingerprint density at radius 1 is 1.47 bits per heavy atom. The molecule has 1 aromatic rings. The predicted octanol–water partition coefficient (Wildman–Crippen LogP) is 1.55. The summed E-state index contributed by atoms with van der Waals surface area (Å²) in [6.45, 7) is 6.03. The van der Waals surface area contributed by atoms with Crippen molar-refractivity contribution in [3.05, 3.63) is 16.6 Å². The van der Waals surface area contributed by atoms with Crippen LogP contribution in [0, 0.1) is 0 Å². The second kappa shape index (κ2) is 5.28. The van der Waals surface area contributed by atoms with E-state index < -0.39 is 11.6 Å². The van der Waals surface area contributed by atoms with Crippen LogP contribution in [0.1, 0.15) is 38.6 Å². The third-order valence-corrected chi connectivity index (χ3v) is 4.46. The highest BCUT2D eigenvalue weighted by molar-refractivity contribution is 7.09. The Morgan fingerprint density at radius 2 is 2.21 bits per heavy atom. The van der Waals surface area contributed by atoms with Crippen LogP contribution in [0.5, 0.6) is 0 Å². The maximum Gasteiger partial charge on any atom is 0.249 e. The Bertz CT molecular complexity index is 474. The van der Waals surface area contributed by atoms with Crippen molar-refractivity contribution in [2.45, 2.75) is 51.7 Å². The first kappa shape index (κ1) is 14.0. The van der Waals surface area contributed by atoms with E-state index in [0.29, 0.717) is 19.4 Å². The maximum atomic E-state index is 12.6. The number of thiazole rings is 1. The van der Waals surface area contributed by atoms with E-state index in [9.17, 15) is 9.59 Å². The van der Waals surface area contributed by atoms with Crippen LogP contribution in [0.4, 0.5) is 0 Å². The Kier molecular flexibility index (Phi) is 3.89. The first-order chi connectivity index (χ1) is 9.01. The number of nitrogens with one attached hydrogen (secondary N) is 1. The number of nitrogens with zero attached hydrogens (tertiary/aromatic N) is 2. The molecule has 104 valence electrons. The van der Waals surface area contributed by atoms with Crippen LogP contribution in [0.25, 0.3) is 0 Å². The summed E-state index contributed by atoms with van der Waals surface area (Å²) in [7, 11) is 0. The Morgan fingerprint density at radius 3 is 2.74 bits per heavy atom. The number of carbonyl (C=O) groups excluding carboxylic acids is 2. The third kappa shape index (κ3) is 2.49. The van der Waals surface area contributed by atoms with Gasteiger partial charge in [-0.2, -0.15) is 0 Å². The van der Waals surface area contributed by atoms with E-state index in [1.807, 2.05) is 19.2 Å². The molecule has 0 bridgehead atoms. The number of hydrogen-bond acceptors (Lipinski definition) is 4. The quantitative estimate of drug-likeness (QED) is 0.911. The molecule has 0 spiro atoms. The minimum absolute atomic E-state index is 0.0170. The van der Waals surface area contributed by atoms with E-state index in [1.54, 1.807) is 18.0 Å². The van der Waals surface area contributed by atoms with Gasteiger partial charge in [-0.25, -0.2) is 4.98 Å². The smallest absolute Gasteiger partial charge is 0.249 e. The molecule has 6 heteroatoms. The van der Waals surface area contributed by atoms with Crippen molar-refractivity contribution in [3.63, 3.8) is 0 Å². The lowest BCUT2D eigenvalue weighted by Crippen LogP contribution is -2.68. The molecule has 0 radical (unpaired) electrons. The molecule has 2 amide bonds. The Labute approximate surface area is 117 Å². The fourth-order valence-corrected chi connectivity index (χ4v) is 2.93. The molecule has 1 N–H and O–H groups in total. The van der Waals surface area contributed by atoms with Crippen LogP contribution in [-0.2, 0) is 16.1 Å². The normalized spacial score (nSPS) is 27.5. The van der Waals surface area contributed by atoms with Gasteiger partial charge in [-0.05, 0) is 19.8 Å². The van der Waals surface area contributed by atoms with Crippen molar-refractivity contribution in [2.75, 3.05) is 0 Å². The van der Waals surface area contributed by atoms with E-state index in [2.05, 4.69) is 10.3 Å². The highest BCUT2D eigenvalue weighted by atomic mass is 32.1. The molecule has 0 aromatic carbocycles. The van der Waals surface area contributed by atoms with Gasteiger partial charge in [0.1, 0.15) is 16.6 Å². The van der Waals surface area contributed by atoms with Gasteiger partial charge in [-0.3, -0.25) is 9.59 Å². The fraction of sp³-hybridized carbons (Fsp3) is 0.615. The summed E-state index contributed by atoms with van der Waals surface area (Å²) in [5, 5.41) is 5.60. The molecule has 0 aliphatic carbocycles. The van der Waals surface area contributed by atoms with Crippen molar-refractivity contribution in [1.29, 1.82) is 0 Å². The van der Waals surface area contributed by atoms with Gasteiger partial charge in [0.05, 0.1) is 6.54 Å². The zero-order valence-corrected chi connectivity index (χ0v) is 12.3. The monoisotopic (exact) mass is 281 g/mol. The molecule has 1 fully saturated rings. The van der Waals surface area contributed by atoms with Crippen LogP contribution in [-0.4, -0.2) is 33.3 Å². The van der Waals surface area contributed by atoms with Crippen molar-refractivity contribution in [3.8, 4) is 0 Å². The summed E-state index contributed by atoms with van der Waals surface area (Å²) < 4.78 is 0. The summed E-state index contributed by atoms with van der Waals surface area (Å²) in [6.07, 6.45) is 2.92. The lowest BCUT2D eigenvalue weighted by atomic mass is 9.91. The van der Waals surface area contributed by atoms with E-state index in [-0.39, 0.29) is 11.8 Å². The molecule has 1 aliphatic rings. The number of aromatic nitrogens is 1. The molecule has 19 heavy (non-hydrogen) atoms. The standard InChI is InChI=1S/C13H19N3O2S/c1-4-9-11(17)15-13(3,5-2)12(18)16(9)8-10-14-6-7-19-10/h6-7,9H,4-5,8H2,1-3H3,(H,15,17). The number of hydrogen-bond donors (Lipinski definition) is 1. The van der Waals surface area contributed by atoms with Crippen LogP contribution in [0.15, 0.2) is 11.6 Å². The minimum atomic E-state index is -0.792. The topological polar surface area (TPSA) is 62.3 Å². The number of carbonyl (C=O) groups is 2. The van der Waals surface area contributed by atoms with Gasteiger partial charge in [0.25, 0.3) is 0 Å². The SMILES string of the molecule is CCC1C(=O)NC(C)(CC)C(=O)N1Cc1nccs1. The van der Waals surface area contributed by atoms with Crippen LogP contribution < -0.4 is 5.32 Å². The van der Waals surface area contributed by atoms with Crippen LogP contribution in [0.3, 0.4) is 0 Å². The van der Waals surface area contributed by atoms with Crippen molar-refractivity contribution < 1.29 is 9.59 Å². The molecule has 2 heterocycles. The van der Waals surface area contributed by atoms with Gasteiger partial charge in [0, 0.05) is 11.6 Å². The van der Waals surface area contributed by atoms with Gasteiger partial charge in [0.15, 0.2) is 0 Å². The molecule has 2 unspecified atom stereocenters. The molecule has 0 saturated carbocycles. The van der Waals surface area contributed by atoms with Gasteiger partial charge in [0.2, 0.25) is 11.8 Å². The van der Waals surface area contributed by atoms with Gasteiger partial charge in [-0.1, -0.05) is 13.8 Å².